The molecule has 1 N–H and O–H groups in total. The number of anilines is 1. The fourth-order valence-electron chi connectivity index (χ4n) is 3.01. The fraction of sp³-hybridized carbons (Fsp3) is 0.722. The number of rotatable bonds is 7. The summed E-state index contributed by atoms with van der Waals surface area (Å²) >= 11 is 0. The van der Waals surface area contributed by atoms with E-state index in [-0.39, 0.29) is 0 Å². The molecule has 1 aliphatic rings. The molecule has 1 atom stereocenters. The molecule has 1 saturated heterocycles. The molecule has 0 radical (unpaired) electrons. The van der Waals surface area contributed by atoms with Crippen LogP contribution in [0.2, 0.25) is 0 Å². The van der Waals surface area contributed by atoms with Crippen LogP contribution < -0.4 is 5.32 Å². The lowest BCUT2D eigenvalue weighted by Gasteiger charge is -2.36. The Morgan fingerprint density at radius 1 is 1.33 bits per heavy atom. The lowest BCUT2D eigenvalue weighted by atomic mass is 9.96. The van der Waals surface area contributed by atoms with E-state index in [1.807, 2.05) is 0 Å². The molecule has 0 aliphatic carbocycles. The van der Waals surface area contributed by atoms with Crippen LogP contribution in [-0.4, -0.2) is 29.5 Å². The van der Waals surface area contributed by atoms with Gasteiger partial charge in [0.05, 0.1) is 0 Å². The number of nitrogens with zero attached hydrogens (tertiary/aromatic N) is 2. The van der Waals surface area contributed by atoms with E-state index in [1.54, 1.807) is 0 Å². The van der Waals surface area contributed by atoms with Gasteiger partial charge < -0.3 is 5.32 Å². The predicted molar refractivity (Wildman–Crippen MR) is 90.6 cm³/mol. The second kappa shape index (κ2) is 8.38. The summed E-state index contributed by atoms with van der Waals surface area (Å²) in [6.07, 6.45) is 8.64. The monoisotopic (exact) mass is 289 g/mol. The molecule has 0 spiro atoms. The molecule has 21 heavy (non-hydrogen) atoms. The minimum Gasteiger partial charge on any atom is -0.370 e. The number of likely N-dealkylation sites (tertiary alicyclic amines) is 1. The van der Waals surface area contributed by atoms with Crippen LogP contribution in [0.15, 0.2) is 18.3 Å². The normalized spacial score (nSPS) is 19.9. The highest BCUT2D eigenvalue weighted by Gasteiger charge is 2.23. The third-order valence-electron chi connectivity index (χ3n) is 4.28. The van der Waals surface area contributed by atoms with Crippen molar-refractivity contribution in [2.45, 2.75) is 58.9 Å². The standard InChI is InChI=1S/C18H31N3/c1-4-5-11-21-12-7-6-8-17(21)16-9-10-18(20-14-16)19-13-15(2)3/h9-10,14-15,17H,4-8,11-13H2,1-3H3,(H,19,20)/t17-/m1/s1. The maximum atomic E-state index is 4.60. The summed E-state index contributed by atoms with van der Waals surface area (Å²) in [6, 6.07) is 4.99. The van der Waals surface area contributed by atoms with Gasteiger partial charge in [-0.25, -0.2) is 4.98 Å². The SMILES string of the molecule is CCCCN1CCCC[C@@H]1c1ccc(NCC(C)C)nc1. The highest BCUT2D eigenvalue weighted by molar-refractivity contribution is 5.36. The Kier molecular flexibility index (Phi) is 6.50. The van der Waals surface area contributed by atoms with Crippen LogP contribution >= 0.6 is 0 Å². The number of piperidine rings is 1. The van der Waals surface area contributed by atoms with Gasteiger partial charge in [-0.05, 0) is 49.9 Å². The zero-order chi connectivity index (χ0) is 15.1. The Morgan fingerprint density at radius 3 is 2.86 bits per heavy atom. The summed E-state index contributed by atoms with van der Waals surface area (Å²) in [6.45, 7) is 10.2. The van der Waals surface area contributed by atoms with Crippen molar-refractivity contribution in [3.8, 4) is 0 Å². The van der Waals surface area contributed by atoms with Gasteiger partial charge in [0.1, 0.15) is 5.82 Å². The van der Waals surface area contributed by atoms with Crippen molar-refractivity contribution in [2.75, 3.05) is 25.0 Å². The summed E-state index contributed by atoms with van der Waals surface area (Å²) in [5, 5.41) is 3.40. The third-order valence-corrected chi connectivity index (χ3v) is 4.28. The third kappa shape index (κ3) is 4.99. The average Bonchev–Trinajstić information content (AvgIpc) is 2.52. The van der Waals surface area contributed by atoms with E-state index in [4.69, 9.17) is 0 Å². The summed E-state index contributed by atoms with van der Waals surface area (Å²) in [7, 11) is 0. The largest absolute Gasteiger partial charge is 0.370 e. The van der Waals surface area contributed by atoms with Crippen LogP contribution in [0.3, 0.4) is 0 Å². The van der Waals surface area contributed by atoms with Crippen molar-refractivity contribution in [1.82, 2.24) is 9.88 Å². The molecule has 0 saturated carbocycles. The van der Waals surface area contributed by atoms with Gasteiger partial charge in [0.2, 0.25) is 0 Å². The van der Waals surface area contributed by atoms with Crippen molar-refractivity contribution in [3.05, 3.63) is 23.9 Å². The van der Waals surface area contributed by atoms with Gasteiger partial charge in [0.15, 0.2) is 0 Å². The van der Waals surface area contributed by atoms with Crippen LogP contribution in [0.4, 0.5) is 5.82 Å². The fourth-order valence-corrected chi connectivity index (χ4v) is 3.01. The maximum Gasteiger partial charge on any atom is 0.125 e. The van der Waals surface area contributed by atoms with E-state index < -0.39 is 0 Å². The Bertz CT molecular complexity index is 399. The number of aromatic nitrogens is 1. The van der Waals surface area contributed by atoms with Crippen LogP contribution in [0.1, 0.15) is 64.5 Å². The first kappa shape index (κ1) is 16.3. The second-order valence-electron chi connectivity index (χ2n) is 6.65. The molecule has 1 fully saturated rings. The zero-order valence-corrected chi connectivity index (χ0v) is 13.9. The van der Waals surface area contributed by atoms with E-state index in [2.05, 4.69) is 54.3 Å². The van der Waals surface area contributed by atoms with Crippen molar-refractivity contribution < 1.29 is 0 Å². The number of nitrogens with one attached hydrogen (secondary N) is 1. The topological polar surface area (TPSA) is 28.2 Å². The zero-order valence-electron chi connectivity index (χ0n) is 13.9. The average molecular weight is 289 g/mol. The summed E-state index contributed by atoms with van der Waals surface area (Å²) in [5.74, 6) is 1.65. The van der Waals surface area contributed by atoms with Crippen molar-refractivity contribution in [3.63, 3.8) is 0 Å². The highest BCUT2D eigenvalue weighted by Crippen LogP contribution is 2.31. The minimum absolute atomic E-state index is 0.581. The van der Waals surface area contributed by atoms with Gasteiger partial charge in [-0.3, -0.25) is 4.90 Å². The molecule has 0 unspecified atom stereocenters. The Balaban J connectivity index is 1.98. The molecule has 1 aliphatic heterocycles. The number of unbranched alkanes of at least 4 members (excludes halogenated alkanes) is 1. The van der Waals surface area contributed by atoms with Gasteiger partial charge in [-0.1, -0.05) is 39.7 Å². The van der Waals surface area contributed by atoms with Gasteiger partial charge in [0, 0.05) is 18.8 Å². The first-order chi connectivity index (χ1) is 10.2. The Labute approximate surface area is 130 Å². The predicted octanol–water partition coefficient (Wildman–Crippen LogP) is 4.48. The molecular weight excluding hydrogens is 258 g/mol. The van der Waals surface area contributed by atoms with Crippen LogP contribution in [0.5, 0.6) is 0 Å². The highest BCUT2D eigenvalue weighted by atomic mass is 15.2. The van der Waals surface area contributed by atoms with Crippen molar-refractivity contribution in [2.24, 2.45) is 5.92 Å². The molecule has 2 heterocycles. The van der Waals surface area contributed by atoms with Crippen LogP contribution in [0.25, 0.3) is 0 Å². The van der Waals surface area contributed by atoms with Crippen LogP contribution in [0, 0.1) is 5.92 Å². The maximum absolute atomic E-state index is 4.60. The first-order valence-electron chi connectivity index (χ1n) is 8.64. The molecule has 2 rings (SSSR count). The molecule has 1 aromatic rings. The smallest absolute Gasteiger partial charge is 0.125 e. The minimum atomic E-state index is 0.581. The quantitative estimate of drug-likeness (QED) is 0.802. The molecule has 0 amide bonds. The first-order valence-corrected chi connectivity index (χ1v) is 8.64. The number of hydrogen-bond donors (Lipinski definition) is 1. The van der Waals surface area contributed by atoms with Gasteiger partial charge in [-0.15, -0.1) is 0 Å². The molecule has 3 nitrogen and oxygen atoms in total. The Hall–Kier alpha value is -1.09. The molecular formula is C18H31N3. The number of pyridine rings is 1. The van der Waals surface area contributed by atoms with E-state index in [1.165, 1.54) is 50.8 Å². The second-order valence-corrected chi connectivity index (χ2v) is 6.65. The van der Waals surface area contributed by atoms with E-state index in [0.29, 0.717) is 12.0 Å². The molecule has 1 aromatic heterocycles. The van der Waals surface area contributed by atoms with Gasteiger partial charge in [-0.2, -0.15) is 0 Å². The lowest BCUT2D eigenvalue weighted by molar-refractivity contribution is 0.146. The van der Waals surface area contributed by atoms with Gasteiger partial charge >= 0.3 is 0 Å². The summed E-state index contributed by atoms with van der Waals surface area (Å²) < 4.78 is 0. The number of hydrogen-bond acceptors (Lipinski definition) is 3. The molecule has 118 valence electrons. The van der Waals surface area contributed by atoms with Crippen molar-refractivity contribution >= 4 is 5.82 Å². The van der Waals surface area contributed by atoms with Crippen molar-refractivity contribution in [1.29, 1.82) is 0 Å². The summed E-state index contributed by atoms with van der Waals surface area (Å²) in [4.78, 5) is 7.26. The van der Waals surface area contributed by atoms with Gasteiger partial charge in [0.25, 0.3) is 0 Å². The lowest BCUT2D eigenvalue weighted by Crippen LogP contribution is -2.34. The Morgan fingerprint density at radius 2 is 2.19 bits per heavy atom. The van der Waals surface area contributed by atoms with Crippen LogP contribution in [-0.2, 0) is 0 Å². The summed E-state index contributed by atoms with van der Waals surface area (Å²) in [5.41, 5.74) is 1.39. The van der Waals surface area contributed by atoms with E-state index >= 15 is 0 Å². The molecule has 0 bridgehead atoms. The molecule has 0 aromatic carbocycles. The van der Waals surface area contributed by atoms with E-state index in [9.17, 15) is 0 Å². The van der Waals surface area contributed by atoms with E-state index in [0.717, 1.165) is 12.4 Å². The molecule has 3 heteroatoms.